The predicted octanol–water partition coefficient (Wildman–Crippen LogP) is 2.86. The summed E-state index contributed by atoms with van der Waals surface area (Å²) in [6.07, 6.45) is 4.56. The number of hydrogen-bond donors (Lipinski definition) is 1. The molecule has 1 N–H and O–H groups in total. The van der Waals surface area contributed by atoms with E-state index in [1.807, 2.05) is 6.92 Å². The van der Waals surface area contributed by atoms with Crippen molar-refractivity contribution in [1.82, 2.24) is 14.6 Å². The molecule has 1 fully saturated rings. The highest BCUT2D eigenvalue weighted by atomic mass is 32.2. The number of carbonyl (C=O) groups is 1. The minimum Gasteiger partial charge on any atom is -0.347 e. The molecule has 1 aliphatic rings. The zero-order valence-corrected chi connectivity index (χ0v) is 16.6. The summed E-state index contributed by atoms with van der Waals surface area (Å²) in [6.45, 7) is 5.14. The van der Waals surface area contributed by atoms with Crippen LogP contribution in [-0.4, -0.2) is 36.7 Å². The highest BCUT2D eigenvalue weighted by molar-refractivity contribution is 7.89. The molecule has 1 saturated heterocycles. The lowest BCUT2D eigenvalue weighted by Gasteiger charge is -2.26. The summed E-state index contributed by atoms with van der Waals surface area (Å²) >= 11 is 1.53. The molecule has 0 bridgehead atoms. The number of piperidine rings is 1. The van der Waals surface area contributed by atoms with E-state index in [9.17, 15) is 13.2 Å². The Bertz CT molecular complexity index is 900. The van der Waals surface area contributed by atoms with E-state index >= 15 is 0 Å². The molecule has 0 spiro atoms. The lowest BCUT2D eigenvalue weighted by molar-refractivity contribution is 0.0951. The molecule has 1 aromatic carbocycles. The van der Waals surface area contributed by atoms with Crippen molar-refractivity contribution in [2.45, 2.75) is 44.6 Å². The summed E-state index contributed by atoms with van der Waals surface area (Å²) in [5, 5.41) is 3.77. The van der Waals surface area contributed by atoms with E-state index < -0.39 is 10.0 Å². The Kier molecular flexibility index (Phi) is 5.74. The molecule has 0 aliphatic carbocycles. The maximum atomic E-state index is 13.0. The summed E-state index contributed by atoms with van der Waals surface area (Å²) in [5.74, 6) is -0.286. The van der Waals surface area contributed by atoms with E-state index in [2.05, 4.69) is 10.3 Å². The van der Waals surface area contributed by atoms with Crippen molar-refractivity contribution >= 4 is 27.3 Å². The van der Waals surface area contributed by atoms with Crippen LogP contribution < -0.4 is 5.32 Å². The van der Waals surface area contributed by atoms with Gasteiger partial charge in [-0.25, -0.2) is 13.4 Å². The molecule has 0 saturated carbocycles. The van der Waals surface area contributed by atoms with Crippen LogP contribution in [0.15, 0.2) is 29.3 Å². The van der Waals surface area contributed by atoms with Gasteiger partial charge in [0.05, 0.1) is 16.4 Å². The van der Waals surface area contributed by atoms with Gasteiger partial charge in [-0.15, -0.1) is 11.3 Å². The number of rotatable bonds is 5. The second-order valence-corrected chi connectivity index (χ2v) is 9.70. The van der Waals surface area contributed by atoms with Crippen LogP contribution in [0.1, 0.15) is 45.1 Å². The molecule has 140 valence electrons. The molecule has 0 radical (unpaired) electrons. The fourth-order valence-electron chi connectivity index (χ4n) is 3.02. The third-order valence-electron chi connectivity index (χ3n) is 4.48. The van der Waals surface area contributed by atoms with Gasteiger partial charge in [0, 0.05) is 29.7 Å². The number of aromatic nitrogens is 1. The molecule has 0 atom stereocenters. The Morgan fingerprint density at radius 2 is 1.96 bits per heavy atom. The van der Waals surface area contributed by atoms with E-state index in [-0.39, 0.29) is 10.8 Å². The lowest BCUT2D eigenvalue weighted by atomic mass is 10.1. The van der Waals surface area contributed by atoms with Gasteiger partial charge < -0.3 is 5.32 Å². The molecule has 2 aromatic rings. The Hall–Kier alpha value is -1.77. The number of carbonyl (C=O) groups excluding carboxylic acids is 1. The fourth-order valence-corrected chi connectivity index (χ4v) is 5.52. The molecule has 1 aliphatic heterocycles. The maximum Gasteiger partial charge on any atom is 0.251 e. The Morgan fingerprint density at radius 3 is 2.62 bits per heavy atom. The van der Waals surface area contributed by atoms with E-state index in [1.54, 1.807) is 25.3 Å². The van der Waals surface area contributed by atoms with Crippen molar-refractivity contribution in [1.29, 1.82) is 0 Å². The normalized spacial score (nSPS) is 15.8. The van der Waals surface area contributed by atoms with Crippen molar-refractivity contribution in [3.63, 3.8) is 0 Å². The van der Waals surface area contributed by atoms with Crippen LogP contribution in [0.25, 0.3) is 0 Å². The molecule has 0 unspecified atom stereocenters. The zero-order valence-electron chi connectivity index (χ0n) is 15.0. The van der Waals surface area contributed by atoms with Crippen LogP contribution in [-0.2, 0) is 16.6 Å². The highest BCUT2D eigenvalue weighted by Crippen LogP contribution is 2.24. The van der Waals surface area contributed by atoms with Gasteiger partial charge in [-0.2, -0.15) is 4.31 Å². The third kappa shape index (κ3) is 4.13. The fraction of sp³-hybridized carbons (Fsp3) is 0.444. The minimum atomic E-state index is -3.57. The average molecular weight is 394 g/mol. The summed E-state index contributed by atoms with van der Waals surface area (Å²) in [4.78, 5) is 17.8. The smallest absolute Gasteiger partial charge is 0.251 e. The van der Waals surface area contributed by atoms with Gasteiger partial charge in [0.15, 0.2) is 0 Å². The molecule has 26 heavy (non-hydrogen) atoms. The number of nitrogens with one attached hydrogen (secondary N) is 1. The molecule has 1 aromatic heterocycles. The number of sulfonamides is 1. The zero-order chi connectivity index (χ0) is 18.7. The maximum absolute atomic E-state index is 13.0. The van der Waals surface area contributed by atoms with Crippen LogP contribution in [0.5, 0.6) is 0 Å². The molecular weight excluding hydrogens is 370 g/mol. The van der Waals surface area contributed by atoms with E-state index in [1.165, 1.54) is 21.7 Å². The van der Waals surface area contributed by atoms with Crippen LogP contribution in [0.4, 0.5) is 0 Å². The van der Waals surface area contributed by atoms with Crippen LogP contribution in [0, 0.1) is 13.8 Å². The van der Waals surface area contributed by atoms with Gasteiger partial charge in [0.2, 0.25) is 10.0 Å². The third-order valence-corrected chi connectivity index (χ3v) is 7.43. The van der Waals surface area contributed by atoms with Gasteiger partial charge >= 0.3 is 0 Å². The minimum absolute atomic E-state index is 0.223. The number of amides is 1. The topological polar surface area (TPSA) is 79.4 Å². The molecule has 3 rings (SSSR count). The summed E-state index contributed by atoms with van der Waals surface area (Å²) in [5.41, 5.74) is 1.01. The van der Waals surface area contributed by atoms with Crippen LogP contribution >= 0.6 is 11.3 Å². The monoisotopic (exact) mass is 393 g/mol. The van der Waals surface area contributed by atoms with Gasteiger partial charge in [0.25, 0.3) is 5.91 Å². The number of benzene rings is 1. The number of nitrogens with zero attached hydrogens (tertiary/aromatic N) is 2. The quantitative estimate of drug-likeness (QED) is 0.847. The van der Waals surface area contributed by atoms with E-state index in [0.717, 1.165) is 29.1 Å². The Labute approximate surface area is 158 Å². The highest BCUT2D eigenvalue weighted by Gasteiger charge is 2.28. The van der Waals surface area contributed by atoms with Gasteiger partial charge in [-0.05, 0) is 44.4 Å². The molecule has 2 heterocycles. The van der Waals surface area contributed by atoms with Crippen molar-refractivity contribution in [2.75, 3.05) is 13.1 Å². The van der Waals surface area contributed by atoms with Gasteiger partial charge in [-0.1, -0.05) is 12.5 Å². The Balaban J connectivity index is 1.79. The first-order valence-electron chi connectivity index (χ1n) is 8.68. The number of hydrogen-bond acceptors (Lipinski definition) is 5. The van der Waals surface area contributed by atoms with Crippen molar-refractivity contribution < 1.29 is 13.2 Å². The largest absolute Gasteiger partial charge is 0.347 e. The molecule has 1 amide bonds. The molecule has 8 heteroatoms. The van der Waals surface area contributed by atoms with Crippen LogP contribution in [0.3, 0.4) is 0 Å². The summed E-state index contributed by atoms with van der Waals surface area (Å²) in [7, 11) is -3.57. The first kappa shape index (κ1) is 19.0. The number of thiazole rings is 1. The average Bonchev–Trinajstić information content (AvgIpc) is 3.06. The summed E-state index contributed by atoms with van der Waals surface area (Å²) < 4.78 is 27.4. The number of aryl methyl sites for hydroxylation is 2. The SMILES string of the molecule is Cc1ncc(CNC(=O)c2ccc(C)c(S(=O)(=O)N3CCCCC3)c2)s1. The van der Waals surface area contributed by atoms with Gasteiger partial charge in [-0.3, -0.25) is 4.79 Å². The molecule has 6 nitrogen and oxygen atoms in total. The lowest BCUT2D eigenvalue weighted by Crippen LogP contribution is -2.36. The Morgan fingerprint density at radius 1 is 1.23 bits per heavy atom. The predicted molar refractivity (Wildman–Crippen MR) is 102 cm³/mol. The molecular formula is C18H23N3O3S2. The standard InChI is InChI=1S/C18H23N3O3S2/c1-13-6-7-15(18(22)20-12-16-11-19-14(2)25-16)10-17(13)26(23,24)21-8-4-3-5-9-21/h6-7,10-11H,3-5,8-9,12H2,1-2H3,(H,20,22). The van der Waals surface area contributed by atoms with E-state index in [0.29, 0.717) is 30.8 Å². The van der Waals surface area contributed by atoms with Crippen molar-refractivity contribution in [2.24, 2.45) is 0 Å². The second-order valence-electron chi connectivity index (χ2n) is 6.47. The van der Waals surface area contributed by atoms with E-state index in [4.69, 9.17) is 0 Å². The van der Waals surface area contributed by atoms with Crippen LogP contribution in [0.2, 0.25) is 0 Å². The first-order valence-corrected chi connectivity index (χ1v) is 10.9. The van der Waals surface area contributed by atoms with Crippen molar-refractivity contribution in [3.8, 4) is 0 Å². The van der Waals surface area contributed by atoms with Gasteiger partial charge in [0.1, 0.15) is 0 Å². The summed E-state index contributed by atoms with van der Waals surface area (Å²) in [6, 6.07) is 4.85. The van der Waals surface area contributed by atoms with Crippen molar-refractivity contribution in [3.05, 3.63) is 45.4 Å². The second kappa shape index (κ2) is 7.85. The first-order chi connectivity index (χ1) is 12.4.